The van der Waals surface area contributed by atoms with Crippen molar-refractivity contribution in [2.24, 2.45) is 0 Å². The van der Waals surface area contributed by atoms with Gasteiger partial charge >= 0.3 is 11.9 Å². The number of ether oxygens (including phenoxy) is 3. The number of carbonyl (C=O) groups is 2. The Labute approximate surface area is 395 Å². The summed E-state index contributed by atoms with van der Waals surface area (Å²) in [7, 11) is 0. The van der Waals surface area contributed by atoms with Gasteiger partial charge in [0.05, 0.1) is 6.61 Å². The molecule has 1 atom stereocenters. The van der Waals surface area contributed by atoms with Crippen LogP contribution in [0.3, 0.4) is 0 Å². The highest BCUT2D eigenvalue weighted by molar-refractivity contribution is 5.70. The van der Waals surface area contributed by atoms with Crippen molar-refractivity contribution in [3.05, 3.63) is 122 Å². The molecular formula is C59H96O5. The molecule has 0 N–H and O–H groups in total. The van der Waals surface area contributed by atoms with Crippen LogP contribution in [0.25, 0.3) is 0 Å². The van der Waals surface area contributed by atoms with Crippen molar-refractivity contribution in [3.63, 3.8) is 0 Å². The van der Waals surface area contributed by atoms with Gasteiger partial charge in [-0.15, -0.1) is 0 Å². The van der Waals surface area contributed by atoms with Crippen LogP contribution in [0.4, 0.5) is 0 Å². The summed E-state index contributed by atoms with van der Waals surface area (Å²) in [4.78, 5) is 25.4. The molecule has 0 aromatic rings. The highest BCUT2D eigenvalue weighted by atomic mass is 16.6. The van der Waals surface area contributed by atoms with E-state index in [-0.39, 0.29) is 25.2 Å². The molecule has 0 amide bonds. The Morgan fingerprint density at radius 2 is 0.703 bits per heavy atom. The molecule has 0 heterocycles. The smallest absolute Gasteiger partial charge is 0.306 e. The molecule has 5 nitrogen and oxygen atoms in total. The summed E-state index contributed by atoms with van der Waals surface area (Å²) in [6, 6.07) is 0. The molecule has 0 aromatic heterocycles. The average Bonchev–Trinajstić information content (AvgIpc) is 3.30. The Morgan fingerprint density at radius 3 is 1.16 bits per heavy atom. The van der Waals surface area contributed by atoms with Gasteiger partial charge in [-0.05, 0) is 122 Å². The van der Waals surface area contributed by atoms with E-state index in [1.54, 1.807) is 0 Å². The molecule has 0 saturated heterocycles. The van der Waals surface area contributed by atoms with Crippen LogP contribution in [0.1, 0.15) is 213 Å². The van der Waals surface area contributed by atoms with Gasteiger partial charge in [-0.1, -0.05) is 200 Å². The maximum absolute atomic E-state index is 12.8. The lowest BCUT2D eigenvalue weighted by Crippen LogP contribution is -2.30. The fourth-order valence-electron chi connectivity index (χ4n) is 6.62. The maximum Gasteiger partial charge on any atom is 0.306 e. The van der Waals surface area contributed by atoms with Crippen LogP contribution in [-0.2, 0) is 23.8 Å². The lowest BCUT2D eigenvalue weighted by Gasteiger charge is -2.18. The number of unbranched alkanes of at least 4 members (excludes halogenated alkanes) is 15. The lowest BCUT2D eigenvalue weighted by atomic mass is 10.1. The van der Waals surface area contributed by atoms with Gasteiger partial charge in [-0.2, -0.15) is 0 Å². The summed E-state index contributed by atoms with van der Waals surface area (Å²) in [6.07, 6.45) is 74.9. The second-order valence-corrected chi connectivity index (χ2v) is 16.7. The van der Waals surface area contributed by atoms with Crippen molar-refractivity contribution < 1.29 is 23.8 Å². The second kappa shape index (κ2) is 53.6. The Balaban J connectivity index is 4.37. The van der Waals surface area contributed by atoms with E-state index < -0.39 is 6.10 Å². The van der Waals surface area contributed by atoms with Crippen molar-refractivity contribution in [1.29, 1.82) is 0 Å². The summed E-state index contributed by atoms with van der Waals surface area (Å²) in [5, 5.41) is 0. The van der Waals surface area contributed by atoms with Crippen molar-refractivity contribution >= 4 is 11.9 Å². The molecule has 64 heavy (non-hydrogen) atoms. The molecule has 0 saturated carbocycles. The monoisotopic (exact) mass is 885 g/mol. The van der Waals surface area contributed by atoms with Crippen LogP contribution >= 0.6 is 0 Å². The largest absolute Gasteiger partial charge is 0.462 e. The molecule has 0 fully saturated rings. The van der Waals surface area contributed by atoms with E-state index in [1.165, 1.54) is 51.4 Å². The van der Waals surface area contributed by atoms with Crippen LogP contribution in [0.5, 0.6) is 0 Å². The van der Waals surface area contributed by atoms with Gasteiger partial charge in [0, 0.05) is 19.4 Å². The SMILES string of the molecule is CC/C=C\C/C=C\C/C=C\C/C=C\C/C=C\CCCCCC(=O)OCC(COCCCCCCC/C=C\C/C=C\C/C=C\C/C=C\CC)OC(=O)CCCCCCC/C=C\CCCC. The summed E-state index contributed by atoms with van der Waals surface area (Å²) in [5.41, 5.74) is 0. The molecule has 0 aliphatic heterocycles. The third kappa shape index (κ3) is 50.9. The number of allylic oxidation sites excluding steroid dienone is 20. The normalized spacial score (nSPS) is 13.2. The zero-order chi connectivity index (χ0) is 46.3. The van der Waals surface area contributed by atoms with Crippen LogP contribution in [-0.4, -0.2) is 37.9 Å². The highest BCUT2D eigenvalue weighted by Gasteiger charge is 2.17. The van der Waals surface area contributed by atoms with Gasteiger partial charge in [-0.3, -0.25) is 9.59 Å². The minimum absolute atomic E-state index is 0.0493. The third-order valence-electron chi connectivity index (χ3n) is 10.5. The first-order valence-corrected chi connectivity index (χ1v) is 26.1. The van der Waals surface area contributed by atoms with Crippen LogP contribution in [0, 0.1) is 0 Å². The Bertz CT molecular complexity index is 1320. The van der Waals surface area contributed by atoms with Crippen molar-refractivity contribution in [2.75, 3.05) is 19.8 Å². The summed E-state index contributed by atoms with van der Waals surface area (Å²) >= 11 is 0. The van der Waals surface area contributed by atoms with Crippen LogP contribution in [0.2, 0.25) is 0 Å². The minimum Gasteiger partial charge on any atom is -0.462 e. The molecule has 0 aliphatic rings. The van der Waals surface area contributed by atoms with Crippen molar-refractivity contribution in [2.45, 2.75) is 219 Å². The van der Waals surface area contributed by atoms with Crippen molar-refractivity contribution in [1.82, 2.24) is 0 Å². The molecule has 0 rings (SSSR count). The zero-order valence-electron chi connectivity index (χ0n) is 41.5. The lowest BCUT2D eigenvalue weighted by molar-refractivity contribution is -0.163. The van der Waals surface area contributed by atoms with Gasteiger partial charge in [-0.25, -0.2) is 0 Å². The standard InChI is InChI=1S/C59H96O5/c1-4-7-10-13-16-19-22-24-26-28-30-31-33-35-38-40-43-46-49-52-58(60)63-56-57(64-59(61)53-50-47-44-41-37-21-18-15-12-9-6-3)55-62-54-51-48-45-42-39-36-34-32-29-27-25-23-20-17-14-11-8-5-2/h7-8,10-11,15-20,24-27,30-32,34-35,38,57H,4-6,9,12-14,21-23,28-29,33,36-37,39-56H2,1-3H3/b10-7-,11-8-,18-15-,19-16-,20-17-,26-24-,27-25-,31-30-,34-32-,38-35-. The molecule has 0 radical (unpaired) electrons. The number of rotatable bonds is 46. The van der Waals surface area contributed by atoms with E-state index >= 15 is 0 Å². The van der Waals surface area contributed by atoms with Gasteiger partial charge < -0.3 is 14.2 Å². The van der Waals surface area contributed by atoms with E-state index in [0.29, 0.717) is 19.4 Å². The number of carbonyl (C=O) groups excluding carboxylic acids is 2. The van der Waals surface area contributed by atoms with E-state index in [1.807, 2.05) is 0 Å². The first-order chi connectivity index (χ1) is 31.6. The fraction of sp³-hybridized carbons (Fsp3) is 0.627. The van der Waals surface area contributed by atoms with Gasteiger partial charge in [0.25, 0.3) is 0 Å². The molecule has 5 heteroatoms. The number of hydrogen-bond donors (Lipinski definition) is 0. The van der Waals surface area contributed by atoms with Gasteiger partial charge in [0.15, 0.2) is 6.10 Å². The zero-order valence-corrected chi connectivity index (χ0v) is 41.5. The molecule has 0 aliphatic carbocycles. The quantitative estimate of drug-likeness (QED) is 0.0346. The Morgan fingerprint density at radius 1 is 0.359 bits per heavy atom. The van der Waals surface area contributed by atoms with Crippen LogP contribution < -0.4 is 0 Å². The molecular weight excluding hydrogens is 789 g/mol. The first kappa shape index (κ1) is 60.3. The summed E-state index contributed by atoms with van der Waals surface area (Å²) < 4.78 is 17.3. The number of hydrogen-bond acceptors (Lipinski definition) is 5. The third-order valence-corrected chi connectivity index (χ3v) is 10.5. The predicted octanol–water partition coefficient (Wildman–Crippen LogP) is 17.8. The topological polar surface area (TPSA) is 61.8 Å². The summed E-state index contributed by atoms with van der Waals surface area (Å²) in [5.74, 6) is -0.465. The van der Waals surface area contributed by atoms with E-state index in [4.69, 9.17) is 14.2 Å². The average molecular weight is 885 g/mol. The van der Waals surface area contributed by atoms with Crippen LogP contribution in [0.15, 0.2) is 122 Å². The Hall–Kier alpha value is -3.70. The summed E-state index contributed by atoms with van der Waals surface area (Å²) in [6.45, 7) is 7.46. The van der Waals surface area contributed by atoms with Crippen molar-refractivity contribution in [3.8, 4) is 0 Å². The van der Waals surface area contributed by atoms with Gasteiger partial charge in [0.1, 0.15) is 6.61 Å². The van der Waals surface area contributed by atoms with Gasteiger partial charge in [0.2, 0.25) is 0 Å². The second-order valence-electron chi connectivity index (χ2n) is 16.7. The molecule has 0 bridgehead atoms. The molecule has 1 unspecified atom stereocenters. The maximum atomic E-state index is 12.8. The molecule has 362 valence electrons. The van der Waals surface area contributed by atoms with E-state index in [9.17, 15) is 9.59 Å². The van der Waals surface area contributed by atoms with E-state index in [0.717, 1.165) is 128 Å². The predicted molar refractivity (Wildman–Crippen MR) is 279 cm³/mol. The van der Waals surface area contributed by atoms with E-state index in [2.05, 4.69) is 142 Å². The highest BCUT2D eigenvalue weighted by Crippen LogP contribution is 2.12. The minimum atomic E-state index is -0.572. The Kier molecular flexibility index (Phi) is 50.5. The number of esters is 2. The molecule has 0 aromatic carbocycles. The fourth-order valence-corrected chi connectivity index (χ4v) is 6.62. The first-order valence-electron chi connectivity index (χ1n) is 26.1. The molecule has 0 spiro atoms.